The van der Waals surface area contributed by atoms with Crippen molar-refractivity contribution in [2.24, 2.45) is 0 Å². The fraction of sp³-hybridized carbons (Fsp3) is 0.636. The van der Waals surface area contributed by atoms with Gasteiger partial charge in [0.1, 0.15) is 38.3 Å². The Hall–Kier alpha value is -1.92. The minimum atomic E-state index is -0.606. The summed E-state index contributed by atoms with van der Waals surface area (Å²) in [5, 5.41) is 3.06. The van der Waals surface area contributed by atoms with Crippen molar-refractivity contribution in [1.29, 1.82) is 0 Å². The van der Waals surface area contributed by atoms with E-state index in [0.29, 0.717) is 6.67 Å². The maximum atomic E-state index is 13.1. The molecule has 2 aliphatic heterocycles. The first-order valence-corrected chi connectivity index (χ1v) is 10.9. The van der Waals surface area contributed by atoms with E-state index in [2.05, 4.69) is 36.5 Å². The number of amides is 3. The summed E-state index contributed by atoms with van der Waals surface area (Å²) in [6.45, 7) is 7.89. The van der Waals surface area contributed by atoms with Crippen LogP contribution in [0.2, 0.25) is 0 Å². The van der Waals surface area contributed by atoms with Crippen molar-refractivity contribution in [3.8, 4) is 0 Å². The van der Waals surface area contributed by atoms with Crippen LogP contribution in [0.25, 0.3) is 0 Å². The number of benzene rings is 1. The number of hydrogen-bond donors (Lipinski definition) is 3. The van der Waals surface area contributed by atoms with Crippen LogP contribution in [0.3, 0.4) is 0 Å². The standard InChI is InChI=1S/C22H32N4O2/c1-18-7-6-8-19(15-18)16-24-11-13-25(14-12-24)17-26-20(27)22(23-21(26)28)9-4-2-3-5-10-22/h6-8,15H,2-5,9-14,16-17H2,1H3,(H,23,28)/p+2. The molecule has 0 aromatic heterocycles. The lowest BCUT2D eigenvalue weighted by atomic mass is 9.90. The van der Waals surface area contributed by atoms with Crippen molar-refractivity contribution in [3.63, 3.8) is 0 Å². The zero-order valence-electron chi connectivity index (χ0n) is 17.1. The summed E-state index contributed by atoms with van der Waals surface area (Å²) in [6.07, 6.45) is 6.01. The first-order valence-electron chi connectivity index (χ1n) is 10.9. The second-order valence-corrected chi connectivity index (χ2v) is 8.98. The average molecular weight is 387 g/mol. The largest absolute Gasteiger partial charge is 0.329 e. The highest BCUT2D eigenvalue weighted by Gasteiger charge is 2.51. The van der Waals surface area contributed by atoms with Gasteiger partial charge in [-0.3, -0.25) is 4.79 Å². The van der Waals surface area contributed by atoms with E-state index in [1.165, 1.54) is 33.8 Å². The van der Waals surface area contributed by atoms with Crippen LogP contribution >= 0.6 is 0 Å². The number of quaternary nitrogens is 2. The predicted octanol–water partition coefficient (Wildman–Crippen LogP) is -0.119. The van der Waals surface area contributed by atoms with Gasteiger partial charge in [0.05, 0.1) is 0 Å². The second-order valence-electron chi connectivity index (χ2n) is 8.98. The summed E-state index contributed by atoms with van der Waals surface area (Å²) < 4.78 is 0. The van der Waals surface area contributed by atoms with Crippen LogP contribution in [-0.4, -0.2) is 55.2 Å². The Bertz CT molecular complexity index is 719. The minimum Gasteiger partial charge on any atom is -0.323 e. The topological polar surface area (TPSA) is 58.3 Å². The third-order valence-electron chi connectivity index (χ3n) is 6.79. The molecule has 6 nitrogen and oxygen atoms in total. The van der Waals surface area contributed by atoms with Gasteiger partial charge in [0.15, 0.2) is 6.67 Å². The third-order valence-corrected chi connectivity index (χ3v) is 6.79. The van der Waals surface area contributed by atoms with Crippen LogP contribution in [0.15, 0.2) is 24.3 Å². The quantitative estimate of drug-likeness (QED) is 0.632. The molecule has 28 heavy (non-hydrogen) atoms. The summed E-state index contributed by atoms with van der Waals surface area (Å²) in [4.78, 5) is 30.1. The van der Waals surface area contributed by atoms with Crippen molar-refractivity contribution in [1.82, 2.24) is 10.2 Å². The number of carbonyl (C=O) groups is 2. The third kappa shape index (κ3) is 4.08. The number of hydrogen-bond acceptors (Lipinski definition) is 2. The van der Waals surface area contributed by atoms with E-state index in [1.807, 2.05) is 0 Å². The number of rotatable bonds is 4. The average Bonchev–Trinajstić information content (AvgIpc) is 2.84. The highest BCUT2D eigenvalue weighted by atomic mass is 16.2. The number of nitrogens with zero attached hydrogens (tertiary/aromatic N) is 1. The Kier molecular flexibility index (Phi) is 5.69. The van der Waals surface area contributed by atoms with Crippen molar-refractivity contribution in [2.45, 2.75) is 57.5 Å². The molecule has 3 aliphatic rings. The summed E-state index contributed by atoms with van der Waals surface area (Å²) in [7, 11) is 0. The Morgan fingerprint density at radius 3 is 2.36 bits per heavy atom. The van der Waals surface area contributed by atoms with Gasteiger partial charge in [0.2, 0.25) is 0 Å². The van der Waals surface area contributed by atoms with Crippen LogP contribution in [0, 0.1) is 6.92 Å². The molecule has 1 aromatic carbocycles. The van der Waals surface area contributed by atoms with E-state index in [1.54, 1.807) is 4.90 Å². The van der Waals surface area contributed by atoms with E-state index >= 15 is 0 Å². The van der Waals surface area contributed by atoms with E-state index in [9.17, 15) is 9.59 Å². The Morgan fingerprint density at radius 1 is 1.00 bits per heavy atom. The van der Waals surface area contributed by atoms with Crippen LogP contribution in [-0.2, 0) is 11.3 Å². The first-order chi connectivity index (χ1) is 13.6. The lowest BCUT2D eigenvalue weighted by molar-refractivity contribution is -1.02. The van der Waals surface area contributed by atoms with Crippen LogP contribution in [0.5, 0.6) is 0 Å². The molecule has 1 spiro atoms. The molecule has 1 saturated carbocycles. The highest BCUT2D eigenvalue weighted by Crippen LogP contribution is 2.32. The molecule has 0 bridgehead atoms. The van der Waals surface area contributed by atoms with E-state index in [0.717, 1.165) is 58.4 Å². The maximum absolute atomic E-state index is 13.1. The molecule has 1 aromatic rings. The van der Waals surface area contributed by atoms with Gasteiger partial charge in [-0.15, -0.1) is 0 Å². The molecule has 2 heterocycles. The van der Waals surface area contributed by atoms with Gasteiger partial charge in [-0.2, -0.15) is 0 Å². The number of aryl methyl sites for hydroxylation is 1. The lowest BCUT2D eigenvalue weighted by Gasteiger charge is -2.31. The molecule has 6 heteroatoms. The molecule has 4 rings (SSSR count). The lowest BCUT2D eigenvalue weighted by Crippen LogP contribution is -3.28. The van der Waals surface area contributed by atoms with E-state index in [4.69, 9.17) is 0 Å². The molecular weight excluding hydrogens is 352 g/mol. The second kappa shape index (κ2) is 8.21. The fourth-order valence-electron chi connectivity index (χ4n) is 5.12. The Morgan fingerprint density at radius 2 is 1.68 bits per heavy atom. The number of carbonyl (C=O) groups excluding carboxylic acids is 2. The number of urea groups is 1. The number of nitrogens with one attached hydrogen (secondary N) is 3. The smallest absolute Gasteiger partial charge is 0.323 e. The molecular formula is C22H34N4O2+2. The molecule has 0 unspecified atom stereocenters. The van der Waals surface area contributed by atoms with Gasteiger partial charge >= 0.3 is 6.03 Å². The fourth-order valence-corrected chi connectivity index (χ4v) is 5.12. The zero-order chi connectivity index (χ0) is 19.6. The normalized spacial score (nSPS) is 27.7. The highest BCUT2D eigenvalue weighted by molar-refractivity contribution is 6.06. The molecule has 0 atom stereocenters. The van der Waals surface area contributed by atoms with Crippen molar-refractivity contribution in [3.05, 3.63) is 35.4 Å². The zero-order valence-corrected chi connectivity index (χ0v) is 17.1. The van der Waals surface area contributed by atoms with Crippen LogP contribution in [0.1, 0.15) is 49.7 Å². The summed E-state index contributed by atoms with van der Waals surface area (Å²) in [5.74, 6) is 0.0291. The molecule has 2 saturated heterocycles. The van der Waals surface area contributed by atoms with E-state index < -0.39 is 5.54 Å². The first kappa shape index (κ1) is 19.4. The molecule has 1 aliphatic carbocycles. The van der Waals surface area contributed by atoms with Gasteiger partial charge < -0.3 is 15.1 Å². The Labute approximate surface area is 167 Å². The molecule has 152 valence electrons. The minimum absolute atomic E-state index is 0.0291. The molecule has 0 radical (unpaired) electrons. The summed E-state index contributed by atoms with van der Waals surface area (Å²) in [6, 6.07) is 8.57. The van der Waals surface area contributed by atoms with Crippen molar-refractivity contribution < 1.29 is 19.4 Å². The molecule has 3 N–H and O–H groups in total. The number of imide groups is 1. The van der Waals surface area contributed by atoms with Gasteiger partial charge in [-0.25, -0.2) is 9.69 Å². The Balaban J connectivity index is 1.31. The van der Waals surface area contributed by atoms with Gasteiger partial charge in [0.25, 0.3) is 5.91 Å². The summed E-state index contributed by atoms with van der Waals surface area (Å²) >= 11 is 0. The van der Waals surface area contributed by atoms with Crippen molar-refractivity contribution >= 4 is 11.9 Å². The van der Waals surface area contributed by atoms with Gasteiger partial charge in [-0.1, -0.05) is 55.5 Å². The predicted molar refractivity (Wildman–Crippen MR) is 107 cm³/mol. The van der Waals surface area contributed by atoms with Gasteiger partial charge in [0, 0.05) is 5.56 Å². The van der Waals surface area contributed by atoms with Gasteiger partial charge in [-0.05, 0) is 19.8 Å². The molecule has 3 amide bonds. The van der Waals surface area contributed by atoms with Crippen LogP contribution in [0.4, 0.5) is 4.79 Å². The van der Waals surface area contributed by atoms with Crippen molar-refractivity contribution in [2.75, 3.05) is 32.8 Å². The van der Waals surface area contributed by atoms with E-state index in [-0.39, 0.29) is 11.9 Å². The number of piperazine rings is 1. The summed E-state index contributed by atoms with van der Waals surface area (Å²) in [5.41, 5.74) is 2.10. The maximum Gasteiger partial charge on any atom is 0.329 e. The van der Waals surface area contributed by atoms with Crippen LogP contribution < -0.4 is 15.1 Å². The monoisotopic (exact) mass is 386 g/mol. The molecule has 3 fully saturated rings. The SMILES string of the molecule is Cc1cccc(C[NH+]2CC[NH+](CN3C(=O)NC4(CCCCCC4)C3=O)CC2)c1.